The van der Waals surface area contributed by atoms with E-state index in [2.05, 4.69) is 28.1 Å². The SMILES string of the molecule is Cc1cnnc(N(CCN)C2CCCCC2)c1. The number of nitrogens with zero attached hydrogens (tertiary/aromatic N) is 3. The van der Waals surface area contributed by atoms with Crippen LogP contribution >= 0.6 is 0 Å². The van der Waals surface area contributed by atoms with E-state index >= 15 is 0 Å². The Kier molecular flexibility index (Phi) is 4.31. The van der Waals surface area contributed by atoms with Gasteiger partial charge in [0.25, 0.3) is 0 Å². The quantitative estimate of drug-likeness (QED) is 0.864. The normalized spacial score (nSPS) is 17.1. The van der Waals surface area contributed by atoms with Crippen molar-refractivity contribution in [2.75, 3.05) is 18.0 Å². The van der Waals surface area contributed by atoms with Crippen LogP contribution in [-0.4, -0.2) is 29.3 Å². The van der Waals surface area contributed by atoms with Crippen molar-refractivity contribution in [2.45, 2.75) is 45.1 Å². The zero-order chi connectivity index (χ0) is 12.1. The molecule has 0 spiro atoms. The minimum Gasteiger partial charge on any atom is -0.351 e. The fourth-order valence-corrected chi connectivity index (χ4v) is 2.61. The van der Waals surface area contributed by atoms with Crippen molar-refractivity contribution in [2.24, 2.45) is 5.73 Å². The van der Waals surface area contributed by atoms with Crippen LogP contribution in [0.3, 0.4) is 0 Å². The van der Waals surface area contributed by atoms with Gasteiger partial charge in [-0.25, -0.2) is 0 Å². The van der Waals surface area contributed by atoms with E-state index in [1.54, 1.807) is 6.20 Å². The lowest BCUT2D eigenvalue weighted by molar-refractivity contribution is 0.413. The molecule has 0 amide bonds. The fourth-order valence-electron chi connectivity index (χ4n) is 2.61. The summed E-state index contributed by atoms with van der Waals surface area (Å²) in [7, 11) is 0. The Morgan fingerprint density at radius 2 is 2.12 bits per heavy atom. The van der Waals surface area contributed by atoms with E-state index in [-0.39, 0.29) is 0 Å². The maximum atomic E-state index is 5.72. The first-order chi connectivity index (χ1) is 8.31. The third-order valence-corrected chi connectivity index (χ3v) is 3.46. The number of hydrogen-bond acceptors (Lipinski definition) is 4. The molecule has 0 aromatic carbocycles. The smallest absolute Gasteiger partial charge is 0.151 e. The first-order valence-electron chi connectivity index (χ1n) is 6.57. The van der Waals surface area contributed by atoms with Crippen molar-refractivity contribution < 1.29 is 0 Å². The van der Waals surface area contributed by atoms with Crippen LogP contribution < -0.4 is 10.6 Å². The topological polar surface area (TPSA) is 55.0 Å². The lowest BCUT2D eigenvalue weighted by Crippen LogP contribution is -2.40. The Morgan fingerprint density at radius 3 is 2.76 bits per heavy atom. The molecule has 0 saturated heterocycles. The van der Waals surface area contributed by atoms with Crippen LogP contribution in [0.5, 0.6) is 0 Å². The van der Waals surface area contributed by atoms with Gasteiger partial charge in [0.05, 0.1) is 6.20 Å². The zero-order valence-corrected chi connectivity index (χ0v) is 10.6. The molecule has 0 aliphatic heterocycles. The third kappa shape index (κ3) is 3.16. The van der Waals surface area contributed by atoms with Gasteiger partial charge in [-0.1, -0.05) is 19.3 Å². The van der Waals surface area contributed by atoms with E-state index in [4.69, 9.17) is 5.73 Å². The molecule has 17 heavy (non-hydrogen) atoms. The van der Waals surface area contributed by atoms with Gasteiger partial charge in [-0.15, -0.1) is 5.10 Å². The molecule has 1 aromatic heterocycles. The number of rotatable bonds is 4. The summed E-state index contributed by atoms with van der Waals surface area (Å²) < 4.78 is 0. The van der Waals surface area contributed by atoms with Gasteiger partial charge in [0.2, 0.25) is 0 Å². The second-order valence-electron chi connectivity index (χ2n) is 4.87. The molecule has 1 saturated carbocycles. The van der Waals surface area contributed by atoms with Gasteiger partial charge in [-0.3, -0.25) is 0 Å². The lowest BCUT2D eigenvalue weighted by Gasteiger charge is -2.34. The van der Waals surface area contributed by atoms with E-state index < -0.39 is 0 Å². The van der Waals surface area contributed by atoms with Crippen molar-refractivity contribution >= 4 is 5.82 Å². The van der Waals surface area contributed by atoms with E-state index in [1.807, 2.05) is 0 Å². The predicted octanol–water partition coefficient (Wildman–Crippen LogP) is 1.88. The summed E-state index contributed by atoms with van der Waals surface area (Å²) in [6, 6.07) is 2.71. The molecule has 1 heterocycles. The number of aryl methyl sites for hydroxylation is 1. The van der Waals surface area contributed by atoms with Crippen LogP contribution in [0.4, 0.5) is 5.82 Å². The molecule has 4 heteroatoms. The van der Waals surface area contributed by atoms with Gasteiger partial charge in [0, 0.05) is 19.1 Å². The van der Waals surface area contributed by atoms with Crippen LogP contribution in [0.15, 0.2) is 12.3 Å². The van der Waals surface area contributed by atoms with E-state index in [1.165, 1.54) is 32.1 Å². The Labute approximate surface area is 103 Å². The molecular formula is C13H22N4. The van der Waals surface area contributed by atoms with Gasteiger partial charge in [0.1, 0.15) is 0 Å². The minimum absolute atomic E-state index is 0.600. The zero-order valence-electron chi connectivity index (χ0n) is 10.6. The maximum absolute atomic E-state index is 5.72. The number of hydrogen-bond donors (Lipinski definition) is 1. The first kappa shape index (κ1) is 12.3. The van der Waals surface area contributed by atoms with Crippen LogP contribution in [0.1, 0.15) is 37.7 Å². The van der Waals surface area contributed by atoms with Crippen molar-refractivity contribution in [1.29, 1.82) is 0 Å². The monoisotopic (exact) mass is 234 g/mol. The summed E-state index contributed by atoms with van der Waals surface area (Å²) in [6.07, 6.45) is 8.33. The summed E-state index contributed by atoms with van der Waals surface area (Å²) in [5, 5.41) is 8.30. The molecule has 0 bridgehead atoms. The molecule has 1 aliphatic rings. The van der Waals surface area contributed by atoms with Gasteiger partial charge < -0.3 is 10.6 Å². The highest BCUT2D eigenvalue weighted by Gasteiger charge is 2.21. The summed E-state index contributed by atoms with van der Waals surface area (Å²) >= 11 is 0. The Morgan fingerprint density at radius 1 is 1.35 bits per heavy atom. The Hall–Kier alpha value is -1.16. The van der Waals surface area contributed by atoms with Gasteiger partial charge in [-0.05, 0) is 31.4 Å². The van der Waals surface area contributed by atoms with E-state index in [9.17, 15) is 0 Å². The fraction of sp³-hybridized carbons (Fsp3) is 0.692. The third-order valence-electron chi connectivity index (χ3n) is 3.46. The van der Waals surface area contributed by atoms with E-state index in [0.29, 0.717) is 12.6 Å². The molecular weight excluding hydrogens is 212 g/mol. The van der Waals surface area contributed by atoms with Gasteiger partial charge in [-0.2, -0.15) is 5.10 Å². The molecule has 94 valence electrons. The molecule has 2 rings (SSSR count). The van der Waals surface area contributed by atoms with Gasteiger partial charge >= 0.3 is 0 Å². The molecule has 0 atom stereocenters. The molecule has 0 unspecified atom stereocenters. The van der Waals surface area contributed by atoms with Gasteiger partial charge in [0.15, 0.2) is 5.82 Å². The minimum atomic E-state index is 0.600. The van der Waals surface area contributed by atoms with Crippen LogP contribution in [-0.2, 0) is 0 Å². The lowest BCUT2D eigenvalue weighted by atomic mass is 9.94. The Bertz CT molecular complexity index is 347. The standard InChI is InChI=1S/C13H22N4/c1-11-9-13(16-15-10-11)17(8-7-14)12-5-3-2-4-6-12/h9-10,12H,2-8,14H2,1H3. The molecule has 1 fully saturated rings. The maximum Gasteiger partial charge on any atom is 0.151 e. The highest BCUT2D eigenvalue weighted by atomic mass is 15.3. The molecule has 1 aromatic rings. The van der Waals surface area contributed by atoms with Crippen molar-refractivity contribution in [1.82, 2.24) is 10.2 Å². The van der Waals surface area contributed by atoms with Crippen LogP contribution in [0, 0.1) is 6.92 Å². The largest absolute Gasteiger partial charge is 0.351 e. The summed E-state index contributed by atoms with van der Waals surface area (Å²) in [5.41, 5.74) is 6.88. The molecule has 1 aliphatic carbocycles. The Balaban J connectivity index is 2.15. The number of aromatic nitrogens is 2. The van der Waals surface area contributed by atoms with Crippen molar-refractivity contribution in [3.8, 4) is 0 Å². The van der Waals surface area contributed by atoms with Crippen molar-refractivity contribution in [3.63, 3.8) is 0 Å². The molecule has 2 N–H and O–H groups in total. The second kappa shape index (κ2) is 5.96. The number of nitrogens with two attached hydrogens (primary N) is 1. The number of anilines is 1. The van der Waals surface area contributed by atoms with Crippen LogP contribution in [0.2, 0.25) is 0 Å². The average Bonchev–Trinajstić information content (AvgIpc) is 2.37. The summed E-state index contributed by atoms with van der Waals surface area (Å²) in [5.74, 6) is 0.988. The molecule has 4 nitrogen and oxygen atoms in total. The average molecular weight is 234 g/mol. The highest BCUT2D eigenvalue weighted by molar-refractivity contribution is 5.40. The van der Waals surface area contributed by atoms with Crippen LogP contribution in [0.25, 0.3) is 0 Å². The second-order valence-corrected chi connectivity index (χ2v) is 4.87. The summed E-state index contributed by atoms with van der Waals surface area (Å²) in [4.78, 5) is 2.35. The predicted molar refractivity (Wildman–Crippen MR) is 70.0 cm³/mol. The van der Waals surface area contributed by atoms with E-state index in [0.717, 1.165) is 17.9 Å². The molecule has 0 radical (unpaired) electrons. The van der Waals surface area contributed by atoms with Crippen molar-refractivity contribution in [3.05, 3.63) is 17.8 Å². The first-order valence-corrected chi connectivity index (χ1v) is 6.57. The highest BCUT2D eigenvalue weighted by Crippen LogP contribution is 2.25. The summed E-state index contributed by atoms with van der Waals surface area (Å²) in [6.45, 7) is 3.61.